The molecule has 0 heterocycles. The van der Waals surface area contributed by atoms with Crippen LogP contribution in [0.5, 0.6) is 0 Å². The van der Waals surface area contributed by atoms with Gasteiger partial charge in [0.2, 0.25) is 0 Å². The van der Waals surface area contributed by atoms with Gasteiger partial charge in [0, 0.05) is 13.1 Å². The van der Waals surface area contributed by atoms with E-state index in [2.05, 4.69) is 5.43 Å². The molecule has 0 bridgehead atoms. The summed E-state index contributed by atoms with van der Waals surface area (Å²) in [6, 6.07) is 0. The second kappa shape index (κ2) is 4.56. The van der Waals surface area contributed by atoms with Crippen LogP contribution < -0.4 is 5.43 Å². The molecule has 0 aromatic heterocycles. The summed E-state index contributed by atoms with van der Waals surface area (Å²) in [5.41, 5.74) is 2.27. The first kappa shape index (κ1) is 10.7. The van der Waals surface area contributed by atoms with Crippen molar-refractivity contribution < 1.29 is 13.2 Å². The molecule has 0 spiro atoms. The quantitative estimate of drug-likeness (QED) is 0.641. The lowest BCUT2D eigenvalue weighted by Crippen LogP contribution is -2.42. The third-order valence-corrected chi connectivity index (χ3v) is 1.27. The van der Waals surface area contributed by atoms with Gasteiger partial charge >= 0.3 is 6.18 Å². The highest BCUT2D eigenvalue weighted by atomic mass is 19.4. The van der Waals surface area contributed by atoms with Gasteiger partial charge in [-0.15, -0.1) is 0 Å². The maximum absolute atomic E-state index is 11.6. The van der Waals surface area contributed by atoms with E-state index in [1.54, 1.807) is 13.8 Å². The highest BCUT2D eigenvalue weighted by Crippen LogP contribution is 2.12. The van der Waals surface area contributed by atoms with Gasteiger partial charge < -0.3 is 0 Å². The maximum atomic E-state index is 11.6. The monoisotopic (exact) mass is 170 g/mol. The normalized spacial score (nSPS) is 12.5. The molecule has 1 N–H and O–H groups in total. The van der Waals surface area contributed by atoms with Crippen LogP contribution in [-0.4, -0.2) is 30.8 Å². The van der Waals surface area contributed by atoms with Gasteiger partial charge in [0.1, 0.15) is 6.54 Å². The molecule has 68 valence electrons. The summed E-state index contributed by atoms with van der Waals surface area (Å²) in [5, 5.41) is 1.51. The van der Waals surface area contributed by atoms with Crippen LogP contribution in [0.1, 0.15) is 13.8 Å². The average molecular weight is 170 g/mol. The Bertz CT molecular complexity index is 98.5. The Balaban J connectivity index is 3.51. The van der Waals surface area contributed by atoms with Gasteiger partial charge in [-0.1, -0.05) is 13.8 Å². The van der Waals surface area contributed by atoms with Crippen LogP contribution in [0, 0.1) is 0 Å². The van der Waals surface area contributed by atoms with E-state index in [9.17, 15) is 13.2 Å². The summed E-state index contributed by atoms with van der Waals surface area (Å²) in [7, 11) is 0. The van der Waals surface area contributed by atoms with Gasteiger partial charge in [0.25, 0.3) is 0 Å². The van der Waals surface area contributed by atoms with Crippen LogP contribution >= 0.6 is 0 Å². The zero-order valence-corrected chi connectivity index (χ0v) is 6.70. The average Bonchev–Trinajstić information content (AvgIpc) is 1.88. The van der Waals surface area contributed by atoms with Crippen molar-refractivity contribution in [3.05, 3.63) is 0 Å². The van der Waals surface area contributed by atoms with Crippen molar-refractivity contribution in [1.29, 1.82) is 0 Å². The second-order valence-electron chi connectivity index (χ2n) is 2.12. The SMILES string of the molecule is CCN(CC)NCC(F)(F)F. The molecule has 0 aromatic carbocycles. The van der Waals surface area contributed by atoms with Crippen molar-refractivity contribution in [3.8, 4) is 0 Å². The Labute approximate surface area is 64.3 Å². The van der Waals surface area contributed by atoms with Gasteiger partial charge in [0.15, 0.2) is 0 Å². The van der Waals surface area contributed by atoms with Gasteiger partial charge in [-0.3, -0.25) is 0 Å². The molecule has 0 atom stereocenters. The van der Waals surface area contributed by atoms with Gasteiger partial charge in [-0.2, -0.15) is 13.2 Å². The Morgan fingerprint density at radius 1 is 1.18 bits per heavy atom. The predicted octanol–water partition coefficient (Wildman–Crippen LogP) is 1.40. The van der Waals surface area contributed by atoms with Crippen LogP contribution in [0.15, 0.2) is 0 Å². The second-order valence-corrected chi connectivity index (χ2v) is 2.12. The number of nitrogens with zero attached hydrogens (tertiary/aromatic N) is 1. The molecule has 0 saturated carbocycles. The first-order valence-electron chi connectivity index (χ1n) is 3.54. The Kier molecular flexibility index (Phi) is 4.44. The fourth-order valence-electron chi connectivity index (χ4n) is 0.649. The molecule has 0 radical (unpaired) electrons. The maximum Gasteiger partial charge on any atom is 0.402 e. The number of nitrogens with one attached hydrogen (secondary N) is 1. The number of hydrogen-bond acceptors (Lipinski definition) is 2. The molecule has 2 nitrogen and oxygen atoms in total. The van der Waals surface area contributed by atoms with Gasteiger partial charge in [-0.05, 0) is 0 Å². The van der Waals surface area contributed by atoms with Crippen molar-refractivity contribution in [2.45, 2.75) is 20.0 Å². The molecular formula is C6H13F3N2. The van der Waals surface area contributed by atoms with E-state index < -0.39 is 12.7 Å². The molecular weight excluding hydrogens is 157 g/mol. The predicted molar refractivity (Wildman–Crippen MR) is 37.0 cm³/mol. The van der Waals surface area contributed by atoms with E-state index in [1.807, 2.05) is 0 Å². The summed E-state index contributed by atoms with van der Waals surface area (Å²) in [6.07, 6.45) is -4.12. The van der Waals surface area contributed by atoms with Crippen LogP contribution in [0.3, 0.4) is 0 Å². The van der Waals surface area contributed by atoms with E-state index in [-0.39, 0.29) is 0 Å². The zero-order valence-electron chi connectivity index (χ0n) is 6.70. The van der Waals surface area contributed by atoms with Gasteiger partial charge in [-0.25, -0.2) is 10.4 Å². The first-order chi connectivity index (χ1) is 4.99. The standard InChI is InChI=1S/C6H13F3N2/c1-3-11(4-2)10-5-6(7,8)9/h10H,3-5H2,1-2H3. The third kappa shape index (κ3) is 6.12. The lowest BCUT2D eigenvalue weighted by molar-refractivity contribution is -0.134. The molecule has 5 heteroatoms. The molecule has 0 unspecified atom stereocenters. The molecule has 0 fully saturated rings. The molecule has 0 rings (SSSR count). The van der Waals surface area contributed by atoms with E-state index >= 15 is 0 Å². The van der Waals surface area contributed by atoms with Crippen LogP contribution in [-0.2, 0) is 0 Å². The topological polar surface area (TPSA) is 15.3 Å². The van der Waals surface area contributed by atoms with Crippen LogP contribution in [0.4, 0.5) is 13.2 Å². The fraction of sp³-hybridized carbons (Fsp3) is 1.00. The lowest BCUT2D eigenvalue weighted by atomic mass is 10.6. The van der Waals surface area contributed by atoms with Crippen LogP contribution in [0.2, 0.25) is 0 Å². The van der Waals surface area contributed by atoms with Crippen molar-refractivity contribution >= 4 is 0 Å². The number of alkyl halides is 3. The van der Waals surface area contributed by atoms with Crippen molar-refractivity contribution in [1.82, 2.24) is 10.4 Å². The van der Waals surface area contributed by atoms with Crippen LogP contribution in [0.25, 0.3) is 0 Å². The highest BCUT2D eigenvalue weighted by molar-refractivity contribution is 4.53. The van der Waals surface area contributed by atoms with E-state index in [4.69, 9.17) is 0 Å². The van der Waals surface area contributed by atoms with Crippen molar-refractivity contribution in [2.24, 2.45) is 0 Å². The van der Waals surface area contributed by atoms with E-state index in [0.717, 1.165) is 0 Å². The Morgan fingerprint density at radius 3 is 1.91 bits per heavy atom. The first-order valence-corrected chi connectivity index (χ1v) is 3.54. The minimum atomic E-state index is -4.12. The van der Waals surface area contributed by atoms with Gasteiger partial charge in [0.05, 0.1) is 0 Å². The Hall–Kier alpha value is -0.290. The number of rotatable bonds is 4. The van der Waals surface area contributed by atoms with E-state index in [1.165, 1.54) is 5.01 Å². The molecule has 0 aliphatic rings. The number of halogens is 3. The van der Waals surface area contributed by atoms with Crippen molar-refractivity contribution in [2.75, 3.05) is 19.6 Å². The summed E-state index contributed by atoms with van der Waals surface area (Å²) in [4.78, 5) is 0. The molecule has 0 aliphatic heterocycles. The third-order valence-electron chi connectivity index (χ3n) is 1.27. The minimum Gasteiger partial charge on any atom is -0.246 e. The number of hydrazine groups is 1. The van der Waals surface area contributed by atoms with Crippen molar-refractivity contribution in [3.63, 3.8) is 0 Å². The molecule has 0 aromatic rings. The fourth-order valence-corrected chi connectivity index (χ4v) is 0.649. The Morgan fingerprint density at radius 2 is 1.64 bits per heavy atom. The minimum absolute atomic E-state index is 0.576. The summed E-state index contributed by atoms with van der Waals surface area (Å²) in [5.74, 6) is 0. The number of hydrogen-bond donors (Lipinski definition) is 1. The van der Waals surface area contributed by atoms with E-state index in [0.29, 0.717) is 13.1 Å². The molecule has 0 amide bonds. The summed E-state index contributed by atoms with van der Waals surface area (Å²) in [6.45, 7) is 3.80. The lowest BCUT2D eigenvalue weighted by Gasteiger charge is -2.20. The smallest absolute Gasteiger partial charge is 0.246 e. The molecule has 0 saturated heterocycles. The zero-order chi connectivity index (χ0) is 8.91. The summed E-state index contributed by atoms with van der Waals surface area (Å²) >= 11 is 0. The molecule has 0 aliphatic carbocycles. The largest absolute Gasteiger partial charge is 0.402 e. The molecule has 11 heavy (non-hydrogen) atoms. The highest BCUT2D eigenvalue weighted by Gasteiger charge is 2.27. The summed E-state index contributed by atoms with van der Waals surface area (Å²) < 4.78 is 34.8.